The van der Waals surface area contributed by atoms with Gasteiger partial charge in [0.2, 0.25) is 0 Å². The van der Waals surface area contributed by atoms with Crippen LogP contribution in [0.4, 0.5) is 0 Å². The highest BCUT2D eigenvalue weighted by atomic mass is 16.5. The van der Waals surface area contributed by atoms with E-state index in [1.54, 1.807) is 6.07 Å². The molecule has 0 radical (unpaired) electrons. The van der Waals surface area contributed by atoms with Crippen LogP contribution in [0.25, 0.3) is 0 Å². The fourth-order valence-electron chi connectivity index (χ4n) is 1.69. The highest BCUT2D eigenvalue weighted by molar-refractivity contribution is 5.45. The summed E-state index contributed by atoms with van der Waals surface area (Å²) in [6.07, 6.45) is 1.47. The molecule has 1 aromatic carbocycles. The lowest BCUT2D eigenvalue weighted by molar-refractivity contribution is 0.449. The second kappa shape index (κ2) is 4.84. The lowest BCUT2D eigenvalue weighted by Crippen LogP contribution is -1.97. The van der Waals surface area contributed by atoms with Crippen molar-refractivity contribution in [3.8, 4) is 17.7 Å². The molecule has 0 atom stereocenters. The van der Waals surface area contributed by atoms with Gasteiger partial charge in [-0.25, -0.2) is 0 Å². The van der Waals surface area contributed by atoms with Gasteiger partial charge in [0, 0.05) is 0 Å². The third-order valence-electron chi connectivity index (χ3n) is 2.78. The molecule has 0 spiro atoms. The first-order valence-electron chi connectivity index (χ1n) is 5.59. The number of hydrogen-bond donors (Lipinski definition) is 0. The molecule has 4 nitrogen and oxygen atoms in total. The second-order valence-electron chi connectivity index (χ2n) is 4.17. The number of nitriles is 1. The van der Waals surface area contributed by atoms with Crippen molar-refractivity contribution in [1.29, 1.82) is 5.26 Å². The van der Waals surface area contributed by atoms with E-state index in [1.807, 2.05) is 32.9 Å². The smallest absolute Gasteiger partial charge is 0.256 e. The summed E-state index contributed by atoms with van der Waals surface area (Å²) in [5.74, 6) is 0.956. The summed E-state index contributed by atoms with van der Waals surface area (Å²) in [6.45, 7) is 6.00. The van der Waals surface area contributed by atoms with Gasteiger partial charge in [0.15, 0.2) is 0 Å². The van der Waals surface area contributed by atoms with Crippen LogP contribution in [-0.2, 0) is 0 Å². The molecule has 18 heavy (non-hydrogen) atoms. The molecule has 0 bridgehead atoms. The lowest BCUT2D eigenvalue weighted by Gasteiger charge is -2.11. The van der Waals surface area contributed by atoms with Crippen molar-refractivity contribution < 1.29 is 4.74 Å². The maximum absolute atomic E-state index is 8.98. The molecule has 4 heteroatoms. The minimum absolute atomic E-state index is 0.244. The zero-order valence-electron chi connectivity index (χ0n) is 10.6. The summed E-state index contributed by atoms with van der Waals surface area (Å²) < 4.78 is 5.70. The van der Waals surface area contributed by atoms with Crippen molar-refractivity contribution in [2.24, 2.45) is 0 Å². The topological polar surface area (TPSA) is 58.8 Å². The highest BCUT2D eigenvalue weighted by Crippen LogP contribution is 2.28. The molecule has 0 unspecified atom stereocenters. The van der Waals surface area contributed by atoms with E-state index in [-0.39, 0.29) is 5.88 Å². The van der Waals surface area contributed by atoms with E-state index in [1.165, 1.54) is 6.20 Å². The Morgan fingerprint density at radius 2 is 2.00 bits per heavy atom. The zero-order valence-corrected chi connectivity index (χ0v) is 10.6. The fraction of sp³-hybridized carbons (Fsp3) is 0.214. The van der Waals surface area contributed by atoms with Crippen LogP contribution in [0.1, 0.15) is 22.3 Å². The largest absolute Gasteiger partial charge is 0.436 e. The Labute approximate surface area is 106 Å². The maximum atomic E-state index is 8.98. The number of hydrogen-bond acceptors (Lipinski definition) is 4. The Bertz CT molecular complexity index is 629. The summed E-state index contributed by atoms with van der Waals surface area (Å²) in [5.41, 5.74) is 3.67. The number of benzene rings is 1. The molecule has 2 rings (SSSR count). The first-order valence-corrected chi connectivity index (χ1v) is 5.59. The average molecular weight is 239 g/mol. The molecule has 0 amide bonds. The van der Waals surface area contributed by atoms with Gasteiger partial charge in [0.25, 0.3) is 5.88 Å². The zero-order chi connectivity index (χ0) is 13.1. The van der Waals surface area contributed by atoms with Gasteiger partial charge >= 0.3 is 0 Å². The van der Waals surface area contributed by atoms with Gasteiger partial charge in [-0.05, 0) is 49.6 Å². The summed E-state index contributed by atoms with van der Waals surface area (Å²) >= 11 is 0. The monoisotopic (exact) mass is 239 g/mol. The number of nitrogens with zero attached hydrogens (tertiary/aromatic N) is 3. The van der Waals surface area contributed by atoms with Gasteiger partial charge in [-0.2, -0.15) is 10.4 Å². The SMILES string of the molecule is Cc1cc(C)c(C)c(Oc2nnccc2C#N)c1. The van der Waals surface area contributed by atoms with Crippen molar-refractivity contribution in [1.82, 2.24) is 10.2 Å². The van der Waals surface area contributed by atoms with E-state index in [4.69, 9.17) is 10.00 Å². The molecule has 0 aliphatic carbocycles. The van der Waals surface area contributed by atoms with E-state index in [9.17, 15) is 0 Å². The van der Waals surface area contributed by atoms with Crippen LogP contribution in [0, 0.1) is 32.1 Å². The molecule has 0 aliphatic heterocycles. The van der Waals surface area contributed by atoms with Gasteiger partial charge in [-0.15, -0.1) is 5.10 Å². The van der Waals surface area contributed by atoms with E-state index >= 15 is 0 Å². The fourth-order valence-corrected chi connectivity index (χ4v) is 1.69. The molecule has 0 aliphatic rings. The molecule has 0 saturated carbocycles. The summed E-state index contributed by atoms with van der Waals surface area (Å²) in [6, 6.07) is 7.64. The Kier molecular flexibility index (Phi) is 3.24. The van der Waals surface area contributed by atoms with Crippen LogP contribution >= 0.6 is 0 Å². The standard InChI is InChI=1S/C14H13N3O/c1-9-6-10(2)11(3)13(7-9)18-14-12(8-15)4-5-16-17-14/h4-7H,1-3H3. The number of aromatic nitrogens is 2. The lowest BCUT2D eigenvalue weighted by atomic mass is 10.1. The molecule has 1 aromatic heterocycles. The van der Waals surface area contributed by atoms with Gasteiger partial charge in [-0.3, -0.25) is 0 Å². The first kappa shape index (κ1) is 12.1. The minimum atomic E-state index is 0.244. The molecule has 0 fully saturated rings. The van der Waals surface area contributed by atoms with Crippen LogP contribution in [0.15, 0.2) is 24.4 Å². The highest BCUT2D eigenvalue weighted by Gasteiger charge is 2.10. The Balaban J connectivity index is 2.44. The van der Waals surface area contributed by atoms with Gasteiger partial charge in [-0.1, -0.05) is 6.07 Å². The van der Waals surface area contributed by atoms with Crippen molar-refractivity contribution in [2.45, 2.75) is 20.8 Å². The van der Waals surface area contributed by atoms with Crippen LogP contribution < -0.4 is 4.74 Å². The van der Waals surface area contributed by atoms with Crippen LogP contribution in [0.3, 0.4) is 0 Å². The summed E-state index contributed by atoms with van der Waals surface area (Å²) in [5, 5.41) is 16.6. The van der Waals surface area contributed by atoms with Gasteiger partial charge < -0.3 is 4.74 Å². The normalized spacial score (nSPS) is 9.89. The quantitative estimate of drug-likeness (QED) is 0.808. The summed E-state index contributed by atoms with van der Waals surface area (Å²) in [4.78, 5) is 0. The predicted molar refractivity (Wildman–Crippen MR) is 67.5 cm³/mol. The molecule has 0 saturated heterocycles. The molecule has 1 heterocycles. The predicted octanol–water partition coefficient (Wildman–Crippen LogP) is 3.07. The van der Waals surface area contributed by atoms with Crippen molar-refractivity contribution in [3.05, 3.63) is 46.6 Å². The van der Waals surface area contributed by atoms with E-state index in [0.717, 1.165) is 16.7 Å². The second-order valence-corrected chi connectivity index (χ2v) is 4.17. The maximum Gasteiger partial charge on any atom is 0.256 e. The molecular formula is C14H13N3O. The van der Waals surface area contributed by atoms with E-state index < -0.39 is 0 Å². The number of rotatable bonds is 2. The van der Waals surface area contributed by atoms with Crippen LogP contribution in [0.2, 0.25) is 0 Å². The van der Waals surface area contributed by atoms with E-state index in [0.29, 0.717) is 11.3 Å². The van der Waals surface area contributed by atoms with E-state index in [2.05, 4.69) is 16.3 Å². The number of ether oxygens (including phenoxy) is 1. The third-order valence-corrected chi connectivity index (χ3v) is 2.78. The average Bonchev–Trinajstić information content (AvgIpc) is 2.36. The number of aryl methyl sites for hydroxylation is 2. The molecule has 2 aromatic rings. The summed E-state index contributed by atoms with van der Waals surface area (Å²) in [7, 11) is 0. The third kappa shape index (κ3) is 2.30. The van der Waals surface area contributed by atoms with Gasteiger partial charge in [0.1, 0.15) is 17.4 Å². The minimum Gasteiger partial charge on any atom is -0.436 e. The van der Waals surface area contributed by atoms with Crippen molar-refractivity contribution >= 4 is 0 Å². The van der Waals surface area contributed by atoms with Crippen LogP contribution in [-0.4, -0.2) is 10.2 Å². The van der Waals surface area contributed by atoms with Crippen LogP contribution in [0.5, 0.6) is 11.6 Å². The van der Waals surface area contributed by atoms with Crippen molar-refractivity contribution in [2.75, 3.05) is 0 Å². The molecule has 0 N–H and O–H groups in total. The first-order chi connectivity index (χ1) is 8.61. The Morgan fingerprint density at radius 1 is 1.22 bits per heavy atom. The van der Waals surface area contributed by atoms with Gasteiger partial charge in [0.05, 0.1) is 6.20 Å². The Morgan fingerprint density at radius 3 is 2.72 bits per heavy atom. The molecule has 90 valence electrons. The Hall–Kier alpha value is -2.41. The molecular weight excluding hydrogens is 226 g/mol. The van der Waals surface area contributed by atoms with Crippen molar-refractivity contribution in [3.63, 3.8) is 0 Å².